The van der Waals surface area contributed by atoms with E-state index in [2.05, 4.69) is 67.6 Å². The van der Waals surface area contributed by atoms with Gasteiger partial charge in [0, 0.05) is 20.1 Å². The van der Waals surface area contributed by atoms with Crippen molar-refractivity contribution in [1.29, 1.82) is 0 Å². The van der Waals surface area contributed by atoms with Crippen LogP contribution in [-0.2, 0) is 6.42 Å². The lowest BCUT2D eigenvalue weighted by molar-refractivity contribution is 0.953. The standard InChI is InChI=1S/C10H11I2N3.ClH/c11-7-3-6(4-8(12)10(7)13)5-9-14-1-2-15-9;/h3-4H,1-2,5,13H2,(H,14,15);1H. The highest BCUT2D eigenvalue weighted by Crippen LogP contribution is 2.23. The molecule has 0 radical (unpaired) electrons. The number of halogens is 3. The average molecular weight is 463 g/mol. The maximum absolute atomic E-state index is 5.90. The average Bonchev–Trinajstić information content (AvgIpc) is 2.66. The van der Waals surface area contributed by atoms with Crippen molar-refractivity contribution in [2.24, 2.45) is 4.99 Å². The number of anilines is 1. The van der Waals surface area contributed by atoms with Crippen molar-refractivity contribution in [3.63, 3.8) is 0 Å². The minimum atomic E-state index is 0. The summed E-state index contributed by atoms with van der Waals surface area (Å²) in [6.07, 6.45) is 0.881. The first kappa shape index (κ1) is 14.3. The Morgan fingerprint density at radius 3 is 2.44 bits per heavy atom. The lowest BCUT2D eigenvalue weighted by Crippen LogP contribution is -2.20. The van der Waals surface area contributed by atoms with E-state index in [4.69, 9.17) is 5.73 Å². The largest absolute Gasteiger partial charge is 0.397 e. The van der Waals surface area contributed by atoms with Crippen LogP contribution in [0.15, 0.2) is 17.1 Å². The molecular weight excluding hydrogens is 451 g/mol. The van der Waals surface area contributed by atoms with Gasteiger partial charge in [-0.3, -0.25) is 4.99 Å². The van der Waals surface area contributed by atoms with E-state index in [9.17, 15) is 0 Å². The quantitative estimate of drug-likeness (QED) is 0.523. The number of nitrogens with zero attached hydrogens (tertiary/aromatic N) is 1. The molecule has 88 valence electrons. The molecule has 1 aromatic carbocycles. The van der Waals surface area contributed by atoms with E-state index in [0.717, 1.165) is 38.2 Å². The van der Waals surface area contributed by atoms with Gasteiger partial charge in [-0.1, -0.05) is 0 Å². The van der Waals surface area contributed by atoms with Crippen molar-refractivity contribution in [1.82, 2.24) is 5.32 Å². The van der Waals surface area contributed by atoms with Crippen molar-refractivity contribution >= 4 is 69.1 Å². The third kappa shape index (κ3) is 3.36. The smallest absolute Gasteiger partial charge is 0.101 e. The molecule has 1 heterocycles. The molecule has 2 rings (SSSR count). The van der Waals surface area contributed by atoms with Gasteiger partial charge in [-0.15, -0.1) is 12.4 Å². The second kappa shape index (κ2) is 6.25. The molecule has 0 atom stereocenters. The van der Waals surface area contributed by atoms with Gasteiger partial charge in [0.1, 0.15) is 5.84 Å². The van der Waals surface area contributed by atoms with Crippen molar-refractivity contribution in [2.45, 2.75) is 6.42 Å². The SMILES string of the molecule is Cl.Nc1c(I)cc(CC2=NCCN2)cc1I. The molecule has 0 fully saturated rings. The highest BCUT2D eigenvalue weighted by Gasteiger charge is 2.09. The lowest BCUT2D eigenvalue weighted by Gasteiger charge is -2.07. The van der Waals surface area contributed by atoms with Crippen LogP contribution in [0.5, 0.6) is 0 Å². The second-order valence-corrected chi connectivity index (χ2v) is 5.73. The topological polar surface area (TPSA) is 50.4 Å². The fourth-order valence-corrected chi connectivity index (χ4v) is 3.39. The minimum Gasteiger partial charge on any atom is -0.397 e. The number of benzene rings is 1. The number of amidine groups is 1. The monoisotopic (exact) mass is 463 g/mol. The van der Waals surface area contributed by atoms with Crippen LogP contribution in [0, 0.1) is 7.14 Å². The zero-order valence-corrected chi connectivity index (χ0v) is 13.6. The zero-order valence-electron chi connectivity index (χ0n) is 8.46. The van der Waals surface area contributed by atoms with Gasteiger partial charge in [0.05, 0.1) is 12.2 Å². The van der Waals surface area contributed by atoms with E-state index < -0.39 is 0 Å². The molecule has 1 aliphatic heterocycles. The molecule has 1 aliphatic rings. The summed E-state index contributed by atoms with van der Waals surface area (Å²) in [5.74, 6) is 1.09. The number of nitrogens with two attached hydrogens (primary N) is 1. The third-order valence-corrected chi connectivity index (χ3v) is 4.04. The van der Waals surface area contributed by atoms with E-state index >= 15 is 0 Å². The van der Waals surface area contributed by atoms with E-state index in [1.807, 2.05) is 0 Å². The summed E-state index contributed by atoms with van der Waals surface area (Å²) in [5, 5.41) is 3.27. The molecule has 0 aliphatic carbocycles. The van der Waals surface area contributed by atoms with E-state index in [-0.39, 0.29) is 12.4 Å². The molecule has 0 saturated heterocycles. The molecule has 0 amide bonds. The van der Waals surface area contributed by atoms with Crippen LogP contribution >= 0.6 is 57.6 Å². The van der Waals surface area contributed by atoms with Gasteiger partial charge >= 0.3 is 0 Å². The molecule has 0 aromatic heterocycles. The van der Waals surface area contributed by atoms with Gasteiger partial charge in [0.25, 0.3) is 0 Å². The molecular formula is C10H12ClI2N3. The van der Waals surface area contributed by atoms with E-state index in [1.54, 1.807) is 0 Å². The number of nitrogens with one attached hydrogen (secondary N) is 1. The minimum absolute atomic E-state index is 0. The van der Waals surface area contributed by atoms with Crippen LogP contribution in [0.1, 0.15) is 5.56 Å². The van der Waals surface area contributed by atoms with Crippen molar-refractivity contribution < 1.29 is 0 Å². The Balaban J connectivity index is 0.00000128. The molecule has 6 heteroatoms. The van der Waals surface area contributed by atoms with Crippen LogP contribution in [-0.4, -0.2) is 18.9 Å². The number of nitrogen functional groups attached to an aromatic ring is 1. The Morgan fingerprint density at radius 1 is 1.31 bits per heavy atom. The summed E-state index contributed by atoms with van der Waals surface area (Å²) in [4.78, 5) is 4.38. The van der Waals surface area contributed by atoms with Gasteiger partial charge in [-0.25, -0.2) is 0 Å². The maximum atomic E-state index is 5.90. The first-order valence-electron chi connectivity index (χ1n) is 4.67. The van der Waals surface area contributed by atoms with Gasteiger partial charge in [0.15, 0.2) is 0 Å². The highest BCUT2D eigenvalue weighted by atomic mass is 127. The highest BCUT2D eigenvalue weighted by molar-refractivity contribution is 14.1. The predicted octanol–water partition coefficient (Wildman–Crippen LogP) is 2.44. The van der Waals surface area contributed by atoms with Gasteiger partial charge < -0.3 is 11.1 Å². The fourth-order valence-electron chi connectivity index (χ4n) is 1.50. The van der Waals surface area contributed by atoms with E-state index in [1.165, 1.54) is 5.56 Å². The summed E-state index contributed by atoms with van der Waals surface area (Å²) < 4.78 is 2.24. The Hall–Kier alpha value is 0.240. The molecule has 16 heavy (non-hydrogen) atoms. The number of hydrogen-bond acceptors (Lipinski definition) is 3. The van der Waals surface area contributed by atoms with Crippen LogP contribution in [0.4, 0.5) is 5.69 Å². The summed E-state index contributed by atoms with van der Waals surface area (Å²) >= 11 is 4.54. The normalized spacial score (nSPS) is 14.0. The summed E-state index contributed by atoms with van der Waals surface area (Å²) in [5.41, 5.74) is 8.04. The van der Waals surface area contributed by atoms with Crippen LogP contribution < -0.4 is 11.1 Å². The molecule has 1 aromatic rings. The first-order chi connectivity index (χ1) is 7.16. The lowest BCUT2D eigenvalue weighted by atomic mass is 10.1. The number of aliphatic imine (C=N–C) groups is 1. The summed E-state index contributed by atoms with van der Waals surface area (Å²) in [6, 6.07) is 4.25. The summed E-state index contributed by atoms with van der Waals surface area (Å²) in [7, 11) is 0. The van der Waals surface area contributed by atoms with Crippen molar-refractivity contribution in [3.8, 4) is 0 Å². The van der Waals surface area contributed by atoms with Crippen molar-refractivity contribution in [2.75, 3.05) is 18.8 Å². The Morgan fingerprint density at radius 2 is 1.94 bits per heavy atom. The Bertz CT molecular complexity index is 398. The Labute approximate surface area is 128 Å². The fraction of sp³-hybridized carbons (Fsp3) is 0.300. The molecule has 0 bridgehead atoms. The van der Waals surface area contributed by atoms with Crippen LogP contribution in [0.25, 0.3) is 0 Å². The predicted molar refractivity (Wildman–Crippen MR) is 87.5 cm³/mol. The zero-order chi connectivity index (χ0) is 10.8. The molecule has 3 nitrogen and oxygen atoms in total. The Kier molecular flexibility index (Phi) is 5.58. The van der Waals surface area contributed by atoms with Gasteiger partial charge in [-0.2, -0.15) is 0 Å². The van der Waals surface area contributed by atoms with Gasteiger partial charge in [-0.05, 0) is 62.9 Å². The third-order valence-electron chi connectivity index (χ3n) is 2.25. The molecule has 3 N–H and O–H groups in total. The maximum Gasteiger partial charge on any atom is 0.101 e. The van der Waals surface area contributed by atoms with E-state index in [0.29, 0.717) is 0 Å². The molecule has 0 spiro atoms. The molecule has 0 unspecified atom stereocenters. The van der Waals surface area contributed by atoms with Crippen molar-refractivity contribution in [3.05, 3.63) is 24.8 Å². The number of rotatable bonds is 2. The second-order valence-electron chi connectivity index (χ2n) is 3.41. The summed E-state index contributed by atoms with van der Waals surface area (Å²) in [6.45, 7) is 1.87. The van der Waals surface area contributed by atoms with Gasteiger partial charge in [0.2, 0.25) is 0 Å². The molecule has 0 saturated carbocycles. The van der Waals surface area contributed by atoms with Crippen LogP contribution in [0.2, 0.25) is 0 Å². The van der Waals surface area contributed by atoms with Crippen LogP contribution in [0.3, 0.4) is 0 Å². The first-order valence-corrected chi connectivity index (χ1v) is 6.83. The number of hydrogen-bond donors (Lipinski definition) is 2.